The first-order valence-electron chi connectivity index (χ1n) is 10.7. The topological polar surface area (TPSA) is 70.7 Å². The minimum absolute atomic E-state index is 0.131. The first kappa shape index (κ1) is 22.7. The van der Waals surface area contributed by atoms with Crippen molar-refractivity contribution in [3.8, 4) is 0 Å². The second-order valence-electron chi connectivity index (χ2n) is 8.02. The predicted octanol–water partition coefficient (Wildman–Crippen LogP) is 2.99. The van der Waals surface area contributed by atoms with Gasteiger partial charge in [0, 0.05) is 44.9 Å². The van der Waals surface area contributed by atoms with E-state index in [2.05, 4.69) is 53.6 Å². The summed E-state index contributed by atoms with van der Waals surface area (Å²) in [5, 5.41) is 5.49. The van der Waals surface area contributed by atoms with Gasteiger partial charge in [-0.2, -0.15) is 0 Å². The van der Waals surface area contributed by atoms with Gasteiger partial charge in [-0.25, -0.2) is 0 Å². The summed E-state index contributed by atoms with van der Waals surface area (Å²) in [6.07, 6.45) is 3.76. The molecule has 2 aromatic carbocycles. The highest BCUT2D eigenvalue weighted by atomic mass is 16.5. The molecular formula is C25H31N3O3. The van der Waals surface area contributed by atoms with Crippen LogP contribution in [0, 0.1) is 0 Å². The quantitative estimate of drug-likeness (QED) is 0.675. The first-order chi connectivity index (χ1) is 14.9. The average Bonchev–Trinajstić information content (AvgIpc) is 2.76. The largest absolute Gasteiger partial charge is 0.373 e. The lowest BCUT2D eigenvalue weighted by Crippen LogP contribution is -2.44. The van der Waals surface area contributed by atoms with Gasteiger partial charge in [0.15, 0.2) is 0 Å². The van der Waals surface area contributed by atoms with Crippen molar-refractivity contribution < 1.29 is 14.3 Å². The highest BCUT2D eigenvalue weighted by Gasteiger charge is 2.21. The monoisotopic (exact) mass is 421 g/mol. The van der Waals surface area contributed by atoms with Crippen molar-refractivity contribution in [2.75, 3.05) is 20.1 Å². The molecule has 31 heavy (non-hydrogen) atoms. The fourth-order valence-electron chi connectivity index (χ4n) is 3.74. The van der Waals surface area contributed by atoms with Gasteiger partial charge in [-0.05, 0) is 48.7 Å². The summed E-state index contributed by atoms with van der Waals surface area (Å²) in [6, 6.07) is 15.4. The fraction of sp³-hybridized carbons (Fsp3) is 0.360. The summed E-state index contributed by atoms with van der Waals surface area (Å²) < 4.78 is 5.79. The van der Waals surface area contributed by atoms with Crippen LogP contribution in [0.5, 0.6) is 0 Å². The summed E-state index contributed by atoms with van der Waals surface area (Å²) in [5.74, 6) is -0.288. The maximum absolute atomic E-state index is 12.1. The van der Waals surface area contributed by atoms with Gasteiger partial charge >= 0.3 is 0 Å². The second kappa shape index (κ2) is 10.9. The van der Waals surface area contributed by atoms with Crippen molar-refractivity contribution in [1.82, 2.24) is 15.5 Å². The van der Waals surface area contributed by atoms with Crippen LogP contribution in [0.15, 0.2) is 54.6 Å². The molecule has 0 saturated carbocycles. The summed E-state index contributed by atoms with van der Waals surface area (Å²) in [5.41, 5.74) is 3.77. The Balaban J connectivity index is 1.45. The van der Waals surface area contributed by atoms with Crippen LogP contribution < -0.4 is 10.6 Å². The number of rotatable bonds is 7. The SMILES string of the molecule is CNC(=O)c1ccc(/C=C/C(=O)NCc2ccc(CN3CC(C)OC(C)C3)cc2)cc1. The number of hydrogen-bond donors (Lipinski definition) is 2. The normalized spacial score (nSPS) is 19.3. The molecule has 2 amide bonds. The van der Waals surface area contributed by atoms with E-state index in [1.54, 1.807) is 25.3 Å². The number of benzene rings is 2. The molecule has 0 bridgehead atoms. The molecule has 164 valence electrons. The molecule has 1 aliphatic heterocycles. The lowest BCUT2D eigenvalue weighted by Gasteiger charge is -2.35. The number of nitrogens with zero attached hydrogens (tertiary/aromatic N) is 1. The Kier molecular flexibility index (Phi) is 7.98. The molecule has 1 aliphatic rings. The Labute approximate surface area is 184 Å². The van der Waals surface area contributed by atoms with E-state index in [1.165, 1.54) is 11.6 Å². The molecule has 1 heterocycles. The van der Waals surface area contributed by atoms with Crippen molar-refractivity contribution >= 4 is 17.9 Å². The Morgan fingerprint density at radius 1 is 1.00 bits per heavy atom. The Hall–Kier alpha value is -2.96. The van der Waals surface area contributed by atoms with Crippen LogP contribution in [0.25, 0.3) is 6.08 Å². The summed E-state index contributed by atoms with van der Waals surface area (Å²) >= 11 is 0. The molecule has 1 fully saturated rings. The van der Waals surface area contributed by atoms with Gasteiger partial charge in [0.25, 0.3) is 5.91 Å². The Morgan fingerprint density at radius 3 is 2.23 bits per heavy atom. The maximum atomic E-state index is 12.1. The van der Waals surface area contributed by atoms with Crippen LogP contribution in [-0.4, -0.2) is 49.1 Å². The first-order valence-corrected chi connectivity index (χ1v) is 10.7. The highest BCUT2D eigenvalue weighted by Crippen LogP contribution is 2.15. The third-order valence-corrected chi connectivity index (χ3v) is 5.22. The Morgan fingerprint density at radius 2 is 1.61 bits per heavy atom. The van der Waals surface area contributed by atoms with Gasteiger partial charge in [0.1, 0.15) is 0 Å². The third-order valence-electron chi connectivity index (χ3n) is 5.22. The van der Waals surface area contributed by atoms with Crippen molar-refractivity contribution in [2.24, 2.45) is 0 Å². The second-order valence-corrected chi connectivity index (χ2v) is 8.02. The zero-order chi connectivity index (χ0) is 22.2. The molecule has 2 unspecified atom stereocenters. The number of carbonyl (C=O) groups excluding carboxylic acids is 2. The van der Waals surface area contributed by atoms with E-state index < -0.39 is 0 Å². The third kappa shape index (κ3) is 7.05. The van der Waals surface area contributed by atoms with Gasteiger partial charge in [-0.15, -0.1) is 0 Å². The Bertz CT molecular complexity index is 897. The van der Waals surface area contributed by atoms with Crippen LogP contribution >= 0.6 is 0 Å². The van der Waals surface area contributed by atoms with E-state index in [0.717, 1.165) is 30.8 Å². The average molecular weight is 422 g/mol. The molecule has 6 nitrogen and oxygen atoms in total. The molecule has 1 saturated heterocycles. The molecule has 3 rings (SSSR count). The van der Waals surface area contributed by atoms with Crippen LogP contribution in [0.3, 0.4) is 0 Å². The number of ether oxygens (including phenoxy) is 1. The van der Waals surface area contributed by atoms with Gasteiger partial charge in [-0.3, -0.25) is 14.5 Å². The fourth-order valence-corrected chi connectivity index (χ4v) is 3.74. The van der Waals surface area contributed by atoms with Gasteiger partial charge < -0.3 is 15.4 Å². The van der Waals surface area contributed by atoms with E-state index in [-0.39, 0.29) is 24.0 Å². The van der Waals surface area contributed by atoms with E-state index in [1.807, 2.05) is 12.1 Å². The summed E-state index contributed by atoms with van der Waals surface area (Å²) in [7, 11) is 1.60. The number of hydrogen-bond acceptors (Lipinski definition) is 4. The minimum atomic E-state index is -0.157. The van der Waals surface area contributed by atoms with Crippen molar-refractivity contribution in [1.29, 1.82) is 0 Å². The lowest BCUT2D eigenvalue weighted by atomic mass is 10.1. The van der Waals surface area contributed by atoms with Crippen molar-refractivity contribution in [3.63, 3.8) is 0 Å². The number of nitrogens with one attached hydrogen (secondary N) is 2. The molecule has 6 heteroatoms. The maximum Gasteiger partial charge on any atom is 0.251 e. The lowest BCUT2D eigenvalue weighted by molar-refractivity contribution is -0.116. The molecule has 2 atom stereocenters. The van der Waals surface area contributed by atoms with Crippen LogP contribution in [-0.2, 0) is 22.6 Å². The minimum Gasteiger partial charge on any atom is -0.373 e. The molecule has 0 spiro atoms. The highest BCUT2D eigenvalue weighted by molar-refractivity contribution is 5.94. The zero-order valence-electron chi connectivity index (χ0n) is 18.4. The molecule has 2 N–H and O–H groups in total. The van der Waals surface area contributed by atoms with Crippen LogP contribution in [0.2, 0.25) is 0 Å². The van der Waals surface area contributed by atoms with Crippen molar-refractivity contribution in [2.45, 2.75) is 39.1 Å². The van der Waals surface area contributed by atoms with Gasteiger partial charge in [0.05, 0.1) is 12.2 Å². The van der Waals surface area contributed by atoms with Crippen molar-refractivity contribution in [3.05, 3.63) is 76.9 Å². The summed E-state index contributed by atoms with van der Waals surface area (Å²) in [6.45, 7) is 7.51. The number of amides is 2. The van der Waals surface area contributed by atoms with Gasteiger partial charge in [0.2, 0.25) is 5.91 Å². The standard InChI is InChI=1S/C25H31N3O3/c1-18-15-28(16-19(2)31-18)17-22-6-4-21(5-7-22)14-27-24(29)13-10-20-8-11-23(12-9-20)25(30)26-3/h4-13,18-19H,14-17H2,1-3H3,(H,26,30)(H,27,29)/b13-10+. The number of morpholine rings is 1. The molecular weight excluding hydrogens is 390 g/mol. The van der Waals surface area contributed by atoms with Gasteiger partial charge in [-0.1, -0.05) is 36.4 Å². The van der Waals surface area contributed by atoms with E-state index in [9.17, 15) is 9.59 Å². The molecule has 2 aromatic rings. The van der Waals surface area contributed by atoms with Crippen LogP contribution in [0.4, 0.5) is 0 Å². The zero-order valence-corrected chi connectivity index (χ0v) is 18.4. The molecule has 0 aromatic heterocycles. The summed E-state index contributed by atoms with van der Waals surface area (Å²) in [4.78, 5) is 26.1. The van der Waals surface area contributed by atoms with E-state index in [4.69, 9.17) is 4.74 Å². The number of carbonyl (C=O) groups is 2. The molecule has 0 aliphatic carbocycles. The van der Waals surface area contributed by atoms with E-state index >= 15 is 0 Å². The van der Waals surface area contributed by atoms with Crippen LogP contribution in [0.1, 0.15) is 40.9 Å². The van der Waals surface area contributed by atoms with E-state index in [0.29, 0.717) is 12.1 Å². The predicted molar refractivity (Wildman–Crippen MR) is 122 cm³/mol. The smallest absolute Gasteiger partial charge is 0.251 e. The molecule has 0 radical (unpaired) electrons.